The molecule has 19 heavy (non-hydrogen) atoms. The Morgan fingerprint density at radius 2 is 1.89 bits per heavy atom. The number of amides is 2. The van der Waals surface area contributed by atoms with Gasteiger partial charge in [0.2, 0.25) is 0 Å². The van der Waals surface area contributed by atoms with Crippen LogP contribution in [0.25, 0.3) is 0 Å². The van der Waals surface area contributed by atoms with Crippen LogP contribution in [-0.4, -0.2) is 23.0 Å². The maximum atomic E-state index is 12.3. The Bertz CT molecular complexity index is 486. The van der Waals surface area contributed by atoms with E-state index in [9.17, 15) is 4.79 Å². The second kappa shape index (κ2) is 4.55. The lowest BCUT2D eigenvalue weighted by Gasteiger charge is -2.40. The normalized spacial score (nSPS) is 17.8. The van der Waals surface area contributed by atoms with Crippen LogP contribution in [0.3, 0.4) is 0 Å². The second-order valence-electron chi connectivity index (χ2n) is 7.08. The van der Waals surface area contributed by atoms with Gasteiger partial charge in [0.15, 0.2) is 0 Å². The molecule has 2 rings (SSSR count). The number of fused-ring (bicyclic) bond motifs is 1. The average Bonchev–Trinajstić information content (AvgIpc) is 2.25. The minimum atomic E-state index is -0.196. The lowest BCUT2D eigenvalue weighted by atomic mass is 9.78. The van der Waals surface area contributed by atoms with Gasteiger partial charge in [-0.05, 0) is 31.9 Å². The van der Waals surface area contributed by atoms with Gasteiger partial charge in [-0.2, -0.15) is 0 Å². The highest BCUT2D eigenvalue weighted by atomic mass is 16.2. The molecule has 0 saturated heterocycles. The number of hydrogen-bond donors (Lipinski definition) is 1. The monoisotopic (exact) mass is 260 g/mol. The summed E-state index contributed by atoms with van der Waals surface area (Å²) in [5.74, 6) is 0. The highest BCUT2D eigenvalue weighted by Crippen LogP contribution is 2.33. The lowest BCUT2D eigenvalue weighted by Crippen LogP contribution is -2.53. The summed E-state index contributed by atoms with van der Waals surface area (Å²) in [6, 6.07) is 8.43. The van der Waals surface area contributed by atoms with Crippen molar-refractivity contribution in [3.05, 3.63) is 35.4 Å². The molecule has 3 heteroatoms. The highest BCUT2D eigenvalue weighted by Gasteiger charge is 2.34. The smallest absolute Gasteiger partial charge is 0.318 e. The number of rotatable bonds is 0. The van der Waals surface area contributed by atoms with Crippen molar-refractivity contribution in [1.29, 1.82) is 0 Å². The number of carbonyl (C=O) groups excluding carboxylic acids is 1. The van der Waals surface area contributed by atoms with Crippen molar-refractivity contribution in [3.8, 4) is 0 Å². The molecule has 1 aromatic carbocycles. The first-order valence-corrected chi connectivity index (χ1v) is 6.84. The summed E-state index contributed by atoms with van der Waals surface area (Å²) in [6.45, 7) is 11.9. The number of urea groups is 1. The van der Waals surface area contributed by atoms with Crippen LogP contribution in [0.5, 0.6) is 0 Å². The summed E-state index contributed by atoms with van der Waals surface area (Å²) in [5.41, 5.74) is 2.42. The second-order valence-corrected chi connectivity index (χ2v) is 7.08. The molecule has 1 heterocycles. The topological polar surface area (TPSA) is 32.3 Å². The quantitative estimate of drug-likeness (QED) is 0.762. The zero-order valence-corrected chi connectivity index (χ0v) is 12.6. The fraction of sp³-hybridized carbons (Fsp3) is 0.562. The summed E-state index contributed by atoms with van der Waals surface area (Å²) < 4.78 is 0. The minimum absolute atomic E-state index is 0.00404. The Hall–Kier alpha value is -1.51. The predicted molar refractivity (Wildman–Crippen MR) is 78.2 cm³/mol. The largest absolute Gasteiger partial charge is 0.333 e. The molecular formula is C16H24N2O. The van der Waals surface area contributed by atoms with Gasteiger partial charge in [0.1, 0.15) is 0 Å². The van der Waals surface area contributed by atoms with E-state index in [0.29, 0.717) is 6.54 Å². The predicted octanol–water partition coefficient (Wildman–Crippen LogP) is 3.29. The lowest BCUT2D eigenvalue weighted by molar-refractivity contribution is 0.165. The Labute approximate surface area is 116 Å². The van der Waals surface area contributed by atoms with Crippen LogP contribution in [0.4, 0.5) is 4.79 Å². The van der Waals surface area contributed by atoms with Gasteiger partial charge in [0.05, 0.1) is 0 Å². The van der Waals surface area contributed by atoms with Crippen molar-refractivity contribution in [3.63, 3.8) is 0 Å². The third-order valence-electron chi connectivity index (χ3n) is 3.46. The molecule has 0 atom stereocenters. The van der Waals surface area contributed by atoms with E-state index < -0.39 is 0 Å². The van der Waals surface area contributed by atoms with Crippen LogP contribution in [0, 0.1) is 0 Å². The summed E-state index contributed by atoms with van der Waals surface area (Å²) in [6.07, 6.45) is 0. The van der Waals surface area contributed by atoms with Gasteiger partial charge in [0, 0.05) is 24.0 Å². The number of hydrogen-bond acceptors (Lipinski definition) is 1. The molecule has 0 saturated carbocycles. The van der Waals surface area contributed by atoms with Crippen molar-refractivity contribution in [2.24, 2.45) is 0 Å². The molecule has 0 radical (unpaired) electrons. The van der Waals surface area contributed by atoms with Crippen molar-refractivity contribution >= 4 is 6.03 Å². The molecule has 104 valence electrons. The molecule has 3 nitrogen and oxygen atoms in total. The summed E-state index contributed by atoms with van der Waals surface area (Å²) in [4.78, 5) is 14.2. The Morgan fingerprint density at radius 1 is 1.26 bits per heavy atom. The molecule has 0 spiro atoms. The van der Waals surface area contributed by atoms with Crippen LogP contribution in [0.15, 0.2) is 24.3 Å². The molecule has 0 aromatic heterocycles. The number of carbonyl (C=O) groups is 1. The number of nitrogens with one attached hydrogen (secondary N) is 1. The maximum Gasteiger partial charge on any atom is 0.318 e. The Morgan fingerprint density at radius 3 is 2.53 bits per heavy atom. The molecule has 1 aromatic rings. The fourth-order valence-corrected chi connectivity index (χ4v) is 2.69. The van der Waals surface area contributed by atoms with Gasteiger partial charge in [-0.15, -0.1) is 0 Å². The van der Waals surface area contributed by atoms with Crippen molar-refractivity contribution < 1.29 is 4.79 Å². The van der Waals surface area contributed by atoms with E-state index >= 15 is 0 Å². The first-order valence-electron chi connectivity index (χ1n) is 6.84. The molecular weight excluding hydrogens is 236 g/mol. The van der Waals surface area contributed by atoms with Crippen molar-refractivity contribution in [2.75, 3.05) is 6.54 Å². The van der Waals surface area contributed by atoms with Gasteiger partial charge < -0.3 is 10.2 Å². The van der Waals surface area contributed by atoms with Gasteiger partial charge in [-0.1, -0.05) is 38.1 Å². The van der Waals surface area contributed by atoms with Crippen LogP contribution in [-0.2, 0) is 12.0 Å². The first-order chi connectivity index (χ1) is 8.69. The SMILES string of the molecule is CC(C)(C)NC(=O)N1Cc2ccccc2C(C)(C)C1. The van der Waals surface area contributed by atoms with Gasteiger partial charge in [-0.25, -0.2) is 4.79 Å². The van der Waals surface area contributed by atoms with Gasteiger partial charge in [0.25, 0.3) is 0 Å². The third-order valence-corrected chi connectivity index (χ3v) is 3.46. The van der Waals surface area contributed by atoms with Crippen LogP contribution >= 0.6 is 0 Å². The van der Waals surface area contributed by atoms with Crippen LogP contribution < -0.4 is 5.32 Å². The zero-order chi connectivity index (χ0) is 14.3. The summed E-state index contributed by atoms with van der Waals surface area (Å²) >= 11 is 0. The molecule has 0 aliphatic carbocycles. The van der Waals surface area contributed by atoms with E-state index in [4.69, 9.17) is 0 Å². The molecule has 0 fully saturated rings. The zero-order valence-electron chi connectivity index (χ0n) is 12.6. The molecule has 2 amide bonds. The molecule has 1 N–H and O–H groups in total. The summed E-state index contributed by atoms with van der Waals surface area (Å²) in [7, 11) is 0. The Balaban J connectivity index is 2.23. The summed E-state index contributed by atoms with van der Waals surface area (Å²) in [5, 5.41) is 3.04. The standard InChI is InChI=1S/C16H24N2O/c1-15(2,3)17-14(19)18-10-12-8-6-7-9-13(12)16(4,5)11-18/h6-9H,10-11H2,1-5H3,(H,17,19). The third kappa shape index (κ3) is 3.09. The van der Waals surface area contributed by atoms with Crippen molar-refractivity contribution in [2.45, 2.75) is 52.1 Å². The van der Waals surface area contributed by atoms with E-state index in [1.807, 2.05) is 31.7 Å². The molecule has 1 aliphatic heterocycles. The Kier molecular flexibility index (Phi) is 3.33. The van der Waals surface area contributed by atoms with Gasteiger partial charge >= 0.3 is 6.03 Å². The van der Waals surface area contributed by atoms with E-state index in [0.717, 1.165) is 6.54 Å². The number of nitrogens with zero attached hydrogens (tertiary/aromatic N) is 1. The van der Waals surface area contributed by atoms with E-state index in [1.165, 1.54) is 11.1 Å². The van der Waals surface area contributed by atoms with Crippen LogP contribution in [0.1, 0.15) is 45.7 Å². The molecule has 0 unspecified atom stereocenters. The first kappa shape index (κ1) is 13.9. The average molecular weight is 260 g/mol. The number of benzene rings is 1. The van der Waals surface area contributed by atoms with E-state index in [-0.39, 0.29) is 17.0 Å². The molecule has 0 bridgehead atoms. The van der Waals surface area contributed by atoms with Gasteiger partial charge in [-0.3, -0.25) is 0 Å². The minimum Gasteiger partial charge on any atom is -0.333 e. The van der Waals surface area contributed by atoms with E-state index in [2.05, 4.69) is 37.4 Å². The maximum absolute atomic E-state index is 12.3. The molecule has 1 aliphatic rings. The van der Waals surface area contributed by atoms with Crippen molar-refractivity contribution in [1.82, 2.24) is 10.2 Å². The highest BCUT2D eigenvalue weighted by molar-refractivity contribution is 5.75. The van der Waals surface area contributed by atoms with Crippen LogP contribution in [0.2, 0.25) is 0 Å². The van der Waals surface area contributed by atoms with E-state index in [1.54, 1.807) is 0 Å². The fourth-order valence-electron chi connectivity index (χ4n) is 2.69.